The van der Waals surface area contributed by atoms with Crippen LogP contribution in [-0.4, -0.2) is 16.3 Å². The number of aromatic nitrogens is 2. The zero-order valence-corrected chi connectivity index (χ0v) is 10.6. The third kappa shape index (κ3) is 3.88. The molecule has 17 heavy (non-hydrogen) atoms. The average Bonchev–Trinajstić information content (AvgIpc) is 2.73. The molecule has 4 heteroatoms. The normalized spacial score (nSPS) is 10.7. The molecule has 0 bridgehead atoms. The van der Waals surface area contributed by atoms with Gasteiger partial charge < -0.3 is 5.32 Å². The topological polar surface area (TPSA) is 29.9 Å². The first-order chi connectivity index (χ1) is 8.24. The molecule has 1 aromatic heterocycles. The van der Waals surface area contributed by atoms with E-state index in [4.69, 9.17) is 11.6 Å². The van der Waals surface area contributed by atoms with Gasteiger partial charge in [-0.05, 0) is 23.8 Å². The van der Waals surface area contributed by atoms with Crippen LogP contribution in [0, 0.1) is 0 Å². The minimum atomic E-state index is 0.780. The van der Waals surface area contributed by atoms with Crippen LogP contribution >= 0.6 is 11.6 Å². The highest BCUT2D eigenvalue weighted by atomic mass is 35.5. The van der Waals surface area contributed by atoms with Crippen LogP contribution in [0.25, 0.3) is 0 Å². The van der Waals surface area contributed by atoms with Gasteiger partial charge in [0.25, 0.3) is 0 Å². The van der Waals surface area contributed by atoms with Gasteiger partial charge in [-0.2, -0.15) is 5.10 Å². The quantitative estimate of drug-likeness (QED) is 0.825. The molecule has 2 rings (SSSR count). The van der Waals surface area contributed by atoms with E-state index >= 15 is 0 Å². The molecule has 0 fully saturated rings. The van der Waals surface area contributed by atoms with E-state index in [1.807, 2.05) is 48.3 Å². The van der Waals surface area contributed by atoms with Crippen molar-refractivity contribution in [3.05, 3.63) is 52.8 Å². The van der Waals surface area contributed by atoms with Gasteiger partial charge in [0.2, 0.25) is 0 Å². The summed E-state index contributed by atoms with van der Waals surface area (Å²) in [5, 5.41) is 8.49. The third-order valence-corrected chi connectivity index (χ3v) is 2.82. The SMILES string of the molecule is Cn1ccc(CCNCc2ccc(Cl)cc2)n1. The Labute approximate surface area is 106 Å². The second-order valence-electron chi connectivity index (χ2n) is 4.03. The van der Waals surface area contributed by atoms with Crippen LogP contribution in [0.1, 0.15) is 11.3 Å². The Balaban J connectivity index is 1.71. The highest BCUT2D eigenvalue weighted by Gasteiger charge is 1.97. The van der Waals surface area contributed by atoms with E-state index in [9.17, 15) is 0 Å². The van der Waals surface area contributed by atoms with Gasteiger partial charge in [0.15, 0.2) is 0 Å². The van der Waals surface area contributed by atoms with Crippen LogP contribution in [0.15, 0.2) is 36.5 Å². The summed E-state index contributed by atoms with van der Waals surface area (Å²) < 4.78 is 1.83. The average molecular weight is 250 g/mol. The molecule has 1 aromatic carbocycles. The molecule has 0 aliphatic heterocycles. The number of benzene rings is 1. The maximum Gasteiger partial charge on any atom is 0.0637 e. The molecule has 3 nitrogen and oxygen atoms in total. The highest BCUT2D eigenvalue weighted by molar-refractivity contribution is 6.30. The van der Waals surface area contributed by atoms with Gasteiger partial charge in [0.1, 0.15) is 0 Å². The van der Waals surface area contributed by atoms with E-state index in [0.717, 1.165) is 30.2 Å². The number of hydrogen-bond donors (Lipinski definition) is 1. The van der Waals surface area contributed by atoms with Crippen molar-refractivity contribution < 1.29 is 0 Å². The summed E-state index contributed by atoms with van der Waals surface area (Å²) in [7, 11) is 1.94. The molecule has 1 heterocycles. The Hall–Kier alpha value is -1.32. The lowest BCUT2D eigenvalue weighted by molar-refractivity contribution is 0.665. The zero-order chi connectivity index (χ0) is 12.1. The first-order valence-electron chi connectivity index (χ1n) is 5.68. The fourth-order valence-corrected chi connectivity index (χ4v) is 1.77. The van der Waals surface area contributed by atoms with Gasteiger partial charge in [-0.3, -0.25) is 4.68 Å². The predicted octanol–water partition coefficient (Wildman–Crippen LogP) is 2.41. The molecular formula is C13H16ClN3. The van der Waals surface area contributed by atoms with Crippen molar-refractivity contribution in [3.63, 3.8) is 0 Å². The van der Waals surface area contributed by atoms with Crippen LogP contribution in [-0.2, 0) is 20.0 Å². The van der Waals surface area contributed by atoms with Gasteiger partial charge in [0, 0.05) is 37.8 Å². The molecule has 0 amide bonds. The number of aryl methyl sites for hydroxylation is 1. The summed E-state index contributed by atoms with van der Waals surface area (Å²) in [6, 6.07) is 9.95. The lowest BCUT2D eigenvalue weighted by Gasteiger charge is -2.03. The summed E-state index contributed by atoms with van der Waals surface area (Å²) in [5.74, 6) is 0. The van der Waals surface area contributed by atoms with Crippen molar-refractivity contribution in [2.75, 3.05) is 6.54 Å². The van der Waals surface area contributed by atoms with E-state index in [1.54, 1.807) is 0 Å². The van der Waals surface area contributed by atoms with Gasteiger partial charge in [-0.25, -0.2) is 0 Å². The summed E-state index contributed by atoms with van der Waals surface area (Å²) in [6.45, 7) is 1.80. The zero-order valence-electron chi connectivity index (χ0n) is 9.86. The Morgan fingerprint density at radius 1 is 1.24 bits per heavy atom. The van der Waals surface area contributed by atoms with E-state index < -0.39 is 0 Å². The van der Waals surface area contributed by atoms with Crippen LogP contribution in [0.2, 0.25) is 5.02 Å². The Morgan fingerprint density at radius 3 is 2.65 bits per heavy atom. The standard InChI is InChI=1S/C13H16ClN3/c1-17-9-7-13(16-17)6-8-15-10-11-2-4-12(14)5-3-11/h2-5,7,9,15H,6,8,10H2,1H3. The van der Waals surface area contributed by atoms with Crippen molar-refractivity contribution in [1.82, 2.24) is 15.1 Å². The number of nitrogens with one attached hydrogen (secondary N) is 1. The molecule has 0 saturated heterocycles. The summed E-state index contributed by atoms with van der Waals surface area (Å²) in [5.41, 5.74) is 2.37. The third-order valence-electron chi connectivity index (χ3n) is 2.57. The second kappa shape index (κ2) is 5.84. The minimum absolute atomic E-state index is 0.780. The lowest BCUT2D eigenvalue weighted by Crippen LogP contribution is -2.16. The fourth-order valence-electron chi connectivity index (χ4n) is 1.65. The van der Waals surface area contributed by atoms with Crippen LogP contribution in [0.5, 0.6) is 0 Å². The number of halogens is 1. The Morgan fingerprint density at radius 2 is 2.00 bits per heavy atom. The van der Waals surface area contributed by atoms with Crippen LogP contribution < -0.4 is 5.32 Å². The van der Waals surface area contributed by atoms with E-state index in [2.05, 4.69) is 10.4 Å². The molecule has 90 valence electrons. The molecule has 0 aliphatic carbocycles. The Kier molecular flexibility index (Phi) is 4.18. The van der Waals surface area contributed by atoms with E-state index in [0.29, 0.717) is 0 Å². The maximum atomic E-state index is 5.82. The molecule has 0 radical (unpaired) electrons. The van der Waals surface area contributed by atoms with E-state index in [1.165, 1.54) is 5.56 Å². The van der Waals surface area contributed by atoms with Gasteiger partial charge in [0.05, 0.1) is 5.69 Å². The second-order valence-corrected chi connectivity index (χ2v) is 4.47. The molecule has 0 atom stereocenters. The van der Waals surface area contributed by atoms with E-state index in [-0.39, 0.29) is 0 Å². The van der Waals surface area contributed by atoms with Crippen molar-refractivity contribution in [1.29, 1.82) is 0 Å². The number of hydrogen-bond acceptors (Lipinski definition) is 2. The summed E-state index contributed by atoms with van der Waals surface area (Å²) in [4.78, 5) is 0. The van der Waals surface area contributed by atoms with Crippen LogP contribution in [0.3, 0.4) is 0 Å². The summed E-state index contributed by atoms with van der Waals surface area (Å²) in [6.07, 6.45) is 2.92. The van der Waals surface area contributed by atoms with Gasteiger partial charge >= 0.3 is 0 Å². The van der Waals surface area contributed by atoms with Gasteiger partial charge in [-0.15, -0.1) is 0 Å². The number of nitrogens with zero attached hydrogens (tertiary/aromatic N) is 2. The molecule has 2 aromatic rings. The fraction of sp³-hybridized carbons (Fsp3) is 0.308. The first-order valence-corrected chi connectivity index (χ1v) is 6.05. The molecule has 0 unspecified atom stereocenters. The Bertz CT molecular complexity index is 462. The molecule has 0 aliphatic rings. The smallest absolute Gasteiger partial charge is 0.0637 e. The largest absolute Gasteiger partial charge is 0.312 e. The molecule has 0 spiro atoms. The highest BCUT2D eigenvalue weighted by Crippen LogP contribution is 2.09. The van der Waals surface area contributed by atoms with Crippen molar-refractivity contribution in [3.8, 4) is 0 Å². The van der Waals surface area contributed by atoms with Gasteiger partial charge in [-0.1, -0.05) is 23.7 Å². The summed E-state index contributed by atoms with van der Waals surface area (Å²) >= 11 is 5.82. The monoisotopic (exact) mass is 249 g/mol. The maximum absolute atomic E-state index is 5.82. The first kappa shape index (κ1) is 12.1. The van der Waals surface area contributed by atoms with Crippen molar-refractivity contribution in [2.24, 2.45) is 7.05 Å². The van der Waals surface area contributed by atoms with Crippen LogP contribution in [0.4, 0.5) is 0 Å². The van der Waals surface area contributed by atoms with Crippen molar-refractivity contribution >= 4 is 11.6 Å². The predicted molar refractivity (Wildman–Crippen MR) is 70.1 cm³/mol. The lowest BCUT2D eigenvalue weighted by atomic mass is 10.2. The molecule has 1 N–H and O–H groups in total. The minimum Gasteiger partial charge on any atom is -0.312 e. The molecule has 0 saturated carbocycles. The molecular weight excluding hydrogens is 234 g/mol. The van der Waals surface area contributed by atoms with Crippen molar-refractivity contribution in [2.45, 2.75) is 13.0 Å². The number of rotatable bonds is 5.